The van der Waals surface area contributed by atoms with Crippen molar-refractivity contribution in [1.82, 2.24) is 0 Å². The second kappa shape index (κ2) is 4.52. The van der Waals surface area contributed by atoms with Crippen LogP contribution >= 0.6 is 0 Å². The van der Waals surface area contributed by atoms with Gasteiger partial charge in [0, 0.05) is 0 Å². The fourth-order valence-corrected chi connectivity index (χ4v) is 3.61. The highest BCUT2D eigenvalue weighted by Gasteiger charge is 2.32. The molecule has 1 N–H and O–H groups in total. The van der Waals surface area contributed by atoms with Crippen molar-refractivity contribution in [2.24, 2.45) is 17.3 Å². The lowest BCUT2D eigenvalue weighted by molar-refractivity contribution is 0.131. The zero-order valence-corrected chi connectivity index (χ0v) is 11.0. The highest BCUT2D eigenvalue weighted by Crippen LogP contribution is 2.43. The Balaban J connectivity index is 2.08. The van der Waals surface area contributed by atoms with Crippen LogP contribution in [0.1, 0.15) is 59.3 Å². The van der Waals surface area contributed by atoms with E-state index in [2.05, 4.69) is 26.8 Å². The van der Waals surface area contributed by atoms with Crippen LogP contribution in [-0.4, -0.2) is 11.2 Å². The first-order chi connectivity index (χ1) is 7.46. The Kier molecular flexibility index (Phi) is 3.44. The minimum atomic E-state index is -0.198. The number of allylic oxidation sites excluding steroid dienone is 1. The predicted octanol–water partition coefficient (Wildman–Crippen LogP) is 3.92. The van der Waals surface area contributed by atoms with Crippen LogP contribution in [0.3, 0.4) is 0 Å². The third-order valence-corrected chi connectivity index (χ3v) is 4.31. The lowest BCUT2D eigenvalue weighted by Gasteiger charge is -2.38. The van der Waals surface area contributed by atoms with Gasteiger partial charge in [-0.15, -0.1) is 0 Å². The summed E-state index contributed by atoms with van der Waals surface area (Å²) in [4.78, 5) is 0. The van der Waals surface area contributed by atoms with Gasteiger partial charge >= 0.3 is 0 Å². The molecule has 3 unspecified atom stereocenters. The maximum Gasteiger partial charge on any atom is 0.0728 e. The molecule has 1 heteroatoms. The molecule has 0 spiro atoms. The molecule has 0 aromatic heterocycles. The molecule has 2 aliphatic rings. The molecule has 0 aliphatic heterocycles. The third-order valence-electron chi connectivity index (χ3n) is 4.31. The van der Waals surface area contributed by atoms with Crippen LogP contribution in [0.4, 0.5) is 0 Å². The van der Waals surface area contributed by atoms with Crippen molar-refractivity contribution in [3.63, 3.8) is 0 Å². The fourth-order valence-electron chi connectivity index (χ4n) is 3.61. The van der Waals surface area contributed by atoms with Gasteiger partial charge < -0.3 is 5.11 Å². The van der Waals surface area contributed by atoms with Crippen LogP contribution in [0.15, 0.2) is 11.6 Å². The van der Waals surface area contributed by atoms with Crippen molar-refractivity contribution in [1.29, 1.82) is 0 Å². The summed E-state index contributed by atoms with van der Waals surface area (Å²) >= 11 is 0. The van der Waals surface area contributed by atoms with Gasteiger partial charge in [0.1, 0.15) is 0 Å². The van der Waals surface area contributed by atoms with Crippen molar-refractivity contribution in [2.75, 3.05) is 0 Å². The summed E-state index contributed by atoms with van der Waals surface area (Å²) in [7, 11) is 0. The number of hydrogen-bond acceptors (Lipinski definition) is 1. The second-order valence-electron chi connectivity index (χ2n) is 6.82. The average Bonchev–Trinajstić information content (AvgIpc) is 2.14. The Morgan fingerprint density at radius 1 is 1.31 bits per heavy atom. The molecule has 0 aromatic carbocycles. The van der Waals surface area contributed by atoms with Gasteiger partial charge in [0.2, 0.25) is 0 Å². The summed E-state index contributed by atoms with van der Waals surface area (Å²) in [5.74, 6) is 1.64. The van der Waals surface area contributed by atoms with Crippen molar-refractivity contribution >= 4 is 0 Å². The quantitative estimate of drug-likeness (QED) is 0.667. The van der Waals surface area contributed by atoms with Gasteiger partial charge in [-0.1, -0.05) is 45.3 Å². The van der Waals surface area contributed by atoms with Gasteiger partial charge in [-0.3, -0.25) is 0 Å². The number of aliphatic hydroxyl groups is 1. The normalized spacial score (nSPS) is 39.2. The van der Waals surface area contributed by atoms with E-state index >= 15 is 0 Å². The van der Waals surface area contributed by atoms with Crippen LogP contribution in [0, 0.1) is 17.3 Å². The Morgan fingerprint density at radius 3 is 2.69 bits per heavy atom. The summed E-state index contributed by atoms with van der Waals surface area (Å²) in [6.45, 7) is 6.95. The third kappa shape index (κ3) is 2.88. The minimum Gasteiger partial charge on any atom is -0.389 e. The van der Waals surface area contributed by atoms with Gasteiger partial charge in [-0.2, -0.15) is 0 Å². The number of rotatable bonds is 1. The number of hydrogen-bond donors (Lipinski definition) is 1. The van der Waals surface area contributed by atoms with Crippen molar-refractivity contribution in [2.45, 2.75) is 65.4 Å². The molecule has 3 atom stereocenters. The number of aliphatic hydroxyl groups excluding tert-OH is 1. The minimum absolute atomic E-state index is 0.198. The largest absolute Gasteiger partial charge is 0.389 e. The average molecular weight is 222 g/mol. The van der Waals surface area contributed by atoms with E-state index in [0.717, 1.165) is 18.3 Å². The summed E-state index contributed by atoms with van der Waals surface area (Å²) in [5.41, 5.74) is 1.85. The Hall–Kier alpha value is -0.300. The zero-order valence-electron chi connectivity index (χ0n) is 11.0. The summed E-state index contributed by atoms with van der Waals surface area (Å²) in [5, 5.41) is 9.94. The highest BCUT2D eigenvalue weighted by molar-refractivity contribution is 5.16. The highest BCUT2D eigenvalue weighted by atomic mass is 16.3. The molecule has 92 valence electrons. The molecule has 2 rings (SSSR count). The van der Waals surface area contributed by atoms with Gasteiger partial charge in [-0.25, -0.2) is 0 Å². The first kappa shape index (κ1) is 12.2. The van der Waals surface area contributed by atoms with E-state index in [1.807, 2.05) is 0 Å². The second-order valence-corrected chi connectivity index (χ2v) is 6.82. The molecule has 0 aromatic rings. The first-order valence-corrected chi connectivity index (χ1v) is 6.85. The van der Waals surface area contributed by atoms with Crippen LogP contribution in [0.25, 0.3) is 0 Å². The van der Waals surface area contributed by atoms with Crippen molar-refractivity contribution in [3.8, 4) is 0 Å². The smallest absolute Gasteiger partial charge is 0.0728 e. The van der Waals surface area contributed by atoms with Crippen LogP contribution < -0.4 is 0 Å². The molecule has 1 fully saturated rings. The van der Waals surface area contributed by atoms with Crippen LogP contribution in [0.5, 0.6) is 0 Å². The predicted molar refractivity (Wildman–Crippen MR) is 68.2 cm³/mol. The molecule has 0 heterocycles. The summed E-state index contributed by atoms with van der Waals surface area (Å²) in [6.07, 6.45) is 9.55. The standard InChI is InChI=1S/C15H26O/c1-11-5-4-6-12(7-11)13-8-14(16)10-15(2,3)9-13/h8,11-12,14,16H,4-7,9-10H2,1-3H3. The van der Waals surface area contributed by atoms with Crippen LogP contribution in [0.2, 0.25) is 0 Å². The molecular weight excluding hydrogens is 196 g/mol. The summed E-state index contributed by atoms with van der Waals surface area (Å²) < 4.78 is 0. The van der Waals surface area contributed by atoms with E-state index in [9.17, 15) is 5.11 Å². The SMILES string of the molecule is CC1CCCC(C2=CC(O)CC(C)(C)C2)C1. The van der Waals surface area contributed by atoms with E-state index in [1.165, 1.54) is 32.1 Å². The van der Waals surface area contributed by atoms with Gasteiger partial charge in [0.25, 0.3) is 0 Å². The molecule has 0 saturated heterocycles. The Labute approximate surface area is 99.9 Å². The van der Waals surface area contributed by atoms with E-state index < -0.39 is 0 Å². The maximum atomic E-state index is 9.94. The molecule has 1 saturated carbocycles. The van der Waals surface area contributed by atoms with E-state index in [0.29, 0.717) is 5.41 Å². The molecular formula is C15H26O. The molecule has 16 heavy (non-hydrogen) atoms. The maximum absolute atomic E-state index is 9.94. The van der Waals surface area contributed by atoms with Gasteiger partial charge in [0.05, 0.1) is 6.10 Å². The topological polar surface area (TPSA) is 20.2 Å². The first-order valence-electron chi connectivity index (χ1n) is 6.85. The van der Waals surface area contributed by atoms with Crippen LogP contribution in [-0.2, 0) is 0 Å². The molecule has 0 bridgehead atoms. The van der Waals surface area contributed by atoms with E-state index in [1.54, 1.807) is 5.57 Å². The van der Waals surface area contributed by atoms with Gasteiger partial charge in [-0.05, 0) is 42.9 Å². The van der Waals surface area contributed by atoms with E-state index in [4.69, 9.17) is 0 Å². The lowest BCUT2D eigenvalue weighted by Crippen LogP contribution is -2.28. The van der Waals surface area contributed by atoms with Gasteiger partial charge in [0.15, 0.2) is 0 Å². The Bertz CT molecular complexity index is 277. The molecule has 2 aliphatic carbocycles. The van der Waals surface area contributed by atoms with Crippen molar-refractivity contribution in [3.05, 3.63) is 11.6 Å². The van der Waals surface area contributed by atoms with Crippen molar-refractivity contribution < 1.29 is 5.11 Å². The zero-order chi connectivity index (χ0) is 11.8. The molecule has 1 nitrogen and oxygen atoms in total. The molecule has 0 amide bonds. The monoisotopic (exact) mass is 222 g/mol. The summed E-state index contributed by atoms with van der Waals surface area (Å²) in [6, 6.07) is 0. The van der Waals surface area contributed by atoms with E-state index in [-0.39, 0.29) is 6.10 Å². The Morgan fingerprint density at radius 2 is 2.06 bits per heavy atom. The lowest BCUT2D eigenvalue weighted by atomic mass is 9.69. The molecule has 0 radical (unpaired) electrons. The fraction of sp³-hybridized carbons (Fsp3) is 0.867.